The van der Waals surface area contributed by atoms with Gasteiger partial charge in [-0.3, -0.25) is 0 Å². The number of nitrogens with zero attached hydrogens (tertiary/aromatic N) is 2. The van der Waals surface area contributed by atoms with Crippen molar-refractivity contribution < 1.29 is 9.84 Å². The van der Waals surface area contributed by atoms with Gasteiger partial charge in [0.15, 0.2) is 0 Å². The number of hydrogen-bond acceptors (Lipinski definition) is 3. The lowest BCUT2D eigenvalue weighted by Crippen LogP contribution is -2.22. The summed E-state index contributed by atoms with van der Waals surface area (Å²) in [5.41, 5.74) is 3.38. The first kappa shape index (κ1) is 17.5. The third-order valence-electron chi connectivity index (χ3n) is 4.32. The minimum Gasteiger partial charge on any atom is -0.493 e. The Morgan fingerprint density at radius 1 is 1.12 bits per heavy atom. The number of aromatic nitrogens is 2. The summed E-state index contributed by atoms with van der Waals surface area (Å²) in [5.74, 6) is 1.63. The number of aliphatic hydroxyl groups is 1. The SMILES string of the molecule is Cc1ccc(OCCCn2c(C(C)(C)O)nc3ccccc32)c(C)c1. The van der Waals surface area contributed by atoms with Crippen LogP contribution in [-0.4, -0.2) is 21.3 Å². The fourth-order valence-electron chi connectivity index (χ4n) is 3.13. The Hall–Kier alpha value is -2.33. The van der Waals surface area contributed by atoms with Gasteiger partial charge in [-0.05, 0) is 57.9 Å². The first-order valence-electron chi connectivity index (χ1n) is 8.74. The Kier molecular flexibility index (Phi) is 4.82. The van der Waals surface area contributed by atoms with Crippen molar-refractivity contribution in [1.82, 2.24) is 9.55 Å². The average molecular weight is 338 g/mol. The molecular formula is C21H26N2O2. The molecule has 3 aromatic rings. The van der Waals surface area contributed by atoms with E-state index in [0.717, 1.165) is 35.3 Å². The molecule has 2 aromatic carbocycles. The Labute approximate surface area is 149 Å². The van der Waals surface area contributed by atoms with Gasteiger partial charge in [-0.1, -0.05) is 29.8 Å². The number of rotatable bonds is 6. The second kappa shape index (κ2) is 6.89. The second-order valence-corrected chi connectivity index (χ2v) is 7.11. The lowest BCUT2D eigenvalue weighted by molar-refractivity contribution is 0.0649. The van der Waals surface area contributed by atoms with Crippen LogP contribution in [0.4, 0.5) is 0 Å². The van der Waals surface area contributed by atoms with Crippen molar-refractivity contribution in [3.63, 3.8) is 0 Å². The van der Waals surface area contributed by atoms with Crippen LogP contribution in [0.25, 0.3) is 11.0 Å². The lowest BCUT2D eigenvalue weighted by Gasteiger charge is -2.19. The predicted molar refractivity (Wildman–Crippen MR) is 101 cm³/mol. The molecule has 1 N–H and O–H groups in total. The molecule has 3 rings (SSSR count). The topological polar surface area (TPSA) is 47.3 Å². The van der Waals surface area contributed by atoms with Gasteiger partial charge in [0.1, 0.15) is 17.2 Å². The van der Waals surface area contributed by atoms with Crippen LogP contribution < -0.4 is 4.74 Å². The van der Waals surface area contributed by atoms with Gasteiger partial charge in [-0.15, -0.1) is 0 Å². The van der Waals surface area contributed by atoms with Crippen LogP contribution in [0.15, 0.2) is 42.5 Å². The summed E-state index contributed by atoms with van der Waals surface area (Å²) in [6.45, 7) is 9.08. The molecule has 1 heterocycles. The van der Waals surface area contributed by atoms with E-state index in [1.54, 1.807) is 13.8 Å². The number of imidazole rings is 1. The minimum absolute atomic E-state index is 0.627. The monoisotopic (exact) mass is 338 g/mol. The van der Waals surface area contributed by atoms with E-state index >= 15 is 0 Å². The van der Waals surface area contributed by atoms with Crippen molar-refractivity contribution in [3.05, 3.63) is 59.4 Å². The molecule has 4 nitrogen and oxygen atoms in total. The first-order valence-corrected chi connectivity index (χ1v) is 8.74. The van der Waals surface area contributed by atoms with Gasteiger partial charge < -0.3 is 14.4 Å². The van der Waals surface area contributed by atoms with E-state index in [4.69, 9.17) is 4.74 Å². The molecule has 0 aliphatic heterocycles. The highest BCUT2D eigenvalue weighted by atomic mass is 16.5. The van der Waals surface area contributed by atoms with Gasteiger partial charge >= 0.3 is 0 Å². The quantitative estimate of drug-likeness (QED) is 0.680. The fraction of sp³-hybridized carbons (Fsp3) is 0.381. The molecule has 0 spiro atoms. The van der Waals surface area contributed by atoms with Crippen LogP contribution in [0.2, 0.25) is 0 Å². The van der Waals surface area contributed by atoms with Gasteiger partial charge in [0.2, 0.25) is 0 Å². The largest absolute Gasteiger partial charge is 0.493 e. The van der Waals surface area contributed by atoms with E-state index in [2.05, 4.69) is 35.5 Å². The van der Waals surface area contributed by atoms with Gasteiger partial charge in [-0.25, -0.2) is 4.98 Å². The van der Waals surface area contributed by atoms with Gasteiger partial charge in [0.25, 0.3) is 0 Å². The summed E-state index contributed by atoms with van der Waals surface area (Å²) < 4.78 is 8.03. The van der Waals surface area contributed by atoms with E-state index in [-0.39, 0.29) is 0 Å². The van der Waals surface area contributed by atoms with Gasteiger partial charge in [0.05, 0.1) is 17.6 Å². The van der Waals surface area contributed by atoms with Crippen LogP contribution in [0.1, 0.15) is 37.2 Å². The van der Waals surface area contributed by atoms with Crippen LogP contribution in [0, 0.1) is 13.8 Å². The zero-order valence-corrected chi connectivity index (χ0v) is 15.4. The van der Waals surface area contributed by atoms with E-state index in [1.165, 1.54) is 5.56 Å². The number of benzene rings is 2. The molecule has 0 radical (unpaired) electrons. The fourth-order valence-corrected chi connectivity index (χ4v) is 3.13. The molecule has 0 saturated heterocycles. The molecule has 132 valence electrons. The van der Waals surface area contributed by atoms with Crippen LogP contribution in [-0.2, 0) is 12.1 Å². The highest BCUT2D eigenvalue weighted by Gasteiger charge is 2.24. The Bertz CT molecular complexity index is 875. The van der Waals surface area contributed by atoms with Gasteiger partial charge in [0, 0.05) is 6.54 Å². The maximum absolute atomic E-state index is 10.5. The highest BCUT2D eigenvalue weighted by Crippen LogP contribution is 2.25. The van der Waals surface area contributed by atoms with Crippen molar-refractivity contribution in [3.8, 4) is 5.75 Å². The van der Waals surface area contributed by atoms with Gasteiger partial charge in [-0.2, -0.15) is 0 Å². The first-order chi connectivity index (χ1) is 11.9. The average Bonchev–Trinajstić information content (AvgIpc) is 2.92. The molecule has 25 heavy (non-hydrogen) atoms. The van der Waals surface area contributed by atoms with Crippen LogP contribution >= 0.6 is 0 Å². The summed E-state index contributed by atoms with van der Waals surface area (Å²) in [7, 11) is 0. The Balaban J connectivity index is 1.72. The zero-order valence-electron chi connectivity index (χ0n) is 15.4. The van der Waals surface area contributed by atoms with E-state index in [1.807, 2.05) is 30.3 Å². The number of fused-ring (bicyclic) bond motifs is 1. The summed E-state index contributed by atoms with van der Waals surface area (Å²) in [5, 5.41) is 10.5. The molecule has 0 aliphatic carbocycles. The highest BCUT2D eigenvalue weighted by molar-refractivity contribution is 5.76. The molecule has 0 unspecified atom stereocenters. The summed E-state index contributed by atoms with van der Waals surface area (Å²) >= 11 is 0. The van der Waals surface area contributed by atoms with E-state index in [9.17, 15) is 5.11 Å². The van der Waals surface area contributed by atoms with Crippen molar-refractivity contribution in [2.24, 2.45) is 0 Å². The molecule has 0 bridgehead atoms. The molecule has 0 aliphatic rings. The molecule has 1 aromatic heterocycles. The predicted octanol–water partition coefficient (Wildman–Crippen LogP) is 4.35. The van der Waals surface area contributed by atoms with E-state index in [0.29, 0.717) is 12.4 Å². The van der Waals surface area contributed by atoms with Crippen molar-refractivity contribution in [2.45, 2.75) is 46.3 Å². The van der Waals surface area contributed by atoms with Crippen LogP contribution in [0.5, 0.6) is 5.75 Å². The molecule has 0 saturated carbocycles. The number of ether oxygens (including phenoxy) is 1. The van der Waals surface area contributed by atoms with Crippen molar-refractivity contribution in [2.75, 3.05) is 6.61 Å². The van der Waals surface area contributed by atoms with Crippen molar-refractivity contribution in [1.29, 1.82) is 0 Å². The van der Waals surface area contributed by atoms with Crippen molar-refractivity contribution >= 4 is 11.0 Å². The smallest absolute Gasteiger partial charge is 0.141 e. The molecule has 0 atom stereocenters. The summed E-state index contributed by atoms with van der Waals surface area (Å²) in [6.07, 6.45) is 0.844. The second-order valence-electron chi connectivity index (χ2n) is 7.11. The number of hydrogen-bond donors (Lipinski definition) is 1. The normalized spacial score (nSPS) is 11.9. The Morgan fingerprint density at radius 3 is 2.60 bits per heavy atom. The number of aryl methyl sites for hydroxylation is 3. The standard InChI is InChI=1S/C21H26N2O2/c1-15-10-11-19(16(2)14-15)25-13-7-12-23-18-9-6-5-8-17(18)22-20(23)21(3,4)24/h5-6,8-11,14,24H,7,12-13H2,1-4H3. The molecule has 4 heteroatoms. The van der Waals surface area contributed by atoms with Crippen LogP contribution in [0.3, 0.4) is 0 Å². The third-order valence-corrected chi connectivity index (χ3v) is 4.32. The van der Waals surface area contributed by atoms with E-state index < -0.39 is 5.60 Å². The molecular weight excluding hydrogens is 312 g/mol. The Morgan fingerprint density at radius 2 is 1.88 bits per heavy atom. The maximum atomic E-state index is 10.5. The number of para-hydroxylation sites is 2. The lowest BCUT2D eigenvalue weighted by atomic mass is 10.1. The maximum Gasteiger partial charge on any atom is 0.141 e. The molecule has 0 amide bonds. The third kappa shape index (κ3) is 3.85. The minimum atomic E-state index is -0.979. The summed E-state index contributed by atoms with van der Waals surface area (Å²) in [4.78, 5) is 4.62. The summed E-state index contributed by atoms with van der Waals surface area (Å²) in [6, 6.07) is 14.2. The molecule has 0 fully saturated rings. The zero-order chi connectivity index (χ0) is 18.0.